The number of methoxy groups -OCH3 is 1. The zero-order valence-corrected chi connectivity index (χ0v) is 16.5. The van der Waals surface area contributed by atoms with Crippen LogP contribution in [0.3, 0.4) is 0 Å². The van der Waals surface area contributed by atoms with Crippen LogP contribution in [0, 0.1) is 0 Å². The quantitative estimate of drug-likeness (QED) is 0.436. The largest absolute Gasteiger partial charge is 0.508 e. The van der Waals surface area contributed by atoms with E-state index in [1.54, 1.807) is 57.5 Å². The number of nitrogens with zero attached hydrogens (tertiary/aromatic N) is 1. The molecule has 0 amide bonds. The molecule has 0 unspecified atom stereocenters. The van der Waals surface area contributed by atoms with Gasteiger partial charge >= 0.3 is 6.61 Å². The number of rotatable bonds is 9. The van der Waals surface area contributed by atoms with E-state index in [9.17, 15) is 13.9 Å². The highest BCUT2D eigenvalue weighted by atomic mass is 19.3. The summed E-state index contributed by atoms with van der Waals surface area (Å²) in [4.78, 5) is 4.10. The third-order valence-electron chi connectivity index (χ3n) is 3.97. The van der Waals surface area contributed by atoms with E-state index in [0.717, 1.165) is 0 Å². The average molecular weight is 409 g/mol. The molecule has 29 heavy (non-hydrogen) atoms. The highest BCUT2D eigenvalue weighted by molar-refractivity contribution is 5.79. The van der Waals surface area contributed by atoms with Gasteiger partial charge in [0.15, 0.2) is 17.5 Å². The monoisotopic (exact) mass is 409 g/mol. The zero-order chi connectivity index (χ0) is 21.2. The maximum Gasteiger partial charge on any atom is 0.387 e. The van der Waals surface area contributed by atoms with E-state index in [1.807, 2.05) is 0 Å². The first-order chi connectivity index (χ1) is 14.0. The Bertz CT molecular complexity index is 831. The number of benzene rings is 2. The van der Waals surface area contributed by atoms with Crippen molar-refractivity contribution in [2.45, 2.75) is 26.6 Å². The Hall–Kier alpha value is -3.23. The normalized spacial score (nSPS) is 11.3. The maximum atomic E-state index is 12.8. The van der Waals surface area contributed by atoms with Crippen molar-refractivity contribution in [1.82, 2.24) is 10.6 Å². The Balaban J connectivity index is 2.06. The van der Waals surface area contributed by atoms with E-state index in [1.165, 1.54) is 0 Å². The molecule has 158 valence electrons. The Morgan fingerprint density at radius 1 is 1.14 bits per heavy atom. The number of guanidine groups is 1. The van der Waals surface area contributed by atoms with E-state index >= 15 is 0 Å². The Morgan fingerprint density at radius 2 is 1.86 bits per heavy atom. The second-order valence-electron chi connectivity index (χ2n) is 5.83. The molecule has 2 aromatic rings. The smallest absolute Gasteiger partial charge is 0.387 e. The summed E-state index contributed by atoms with van der Waals surface area (Å²) in [5, 5.41) is 16.1. The van der Waals surface area contributed by atoms with E-state index < -0.39 is 6.61 Å². The molecule has 0 aliphatic carbocycles. The van der Waals surface area contributed by atoms with E-state index in [4.69, 9.17) is 9.47 Å². The van der Waals surface area contributed by atoms with Crippen molar-refractivity contribution in [2.24, 2.45) is 4.99 Å². The fourth-order valence-electron chi connectivity index (χ4n) is 2.60. The van der Waals surface area contributed by atoms with Crippen molar-refractivity contribution in [3.05, 3.63) is 47.5 Å². The predicted octanol–water partition coefficient (Wildman–Crippen LogP) is 3.27. The standard InChI is InChI=1S/C20H25F2N3O4/c1-4-28-17-7-5-6-13(18(17)29-19(21)22)11-24-20(23-2)25-12-14-10-15(27-3)8-9-16(14)26/h5-10,19,26H,4,11-12H2,1-3H3,(H2,23,24,25). The predicted molar refractivity (Wildman–Crippen MR) is 106 cm³/mol. The molecule has 0 atom stereocenters. The molecule has 0 aliphatic rings. The van der Waals surface area contributed by atoms with Crippen molar-refractivity contribution < 1.29 is 28.1 Å². The van der Waals surface area contributed by atoms with E-state index in [-0.39, 0.29) is 30.3 Å². The molecule has 0 saturated carbocycles. The van der Waals surface area contributed by atoms with Crippen LogP contribution in [0.2, 0.25) is 0 Å². The molecule has 2 aromatic carbocycles. The van der Waals surface area contributed by atoms with Crippen LogP contribution in [-0.4, -0.2) is 38.4 Å². The lowest BCUT2D eigenvalue weighted by Crippen LogP contribution is -2.36. The summed E-state index contributed by atoms with van der Waals surface area (Å²) in [5.41, 5.74) is 1.11. The second kappa shape index (κ2) is 10.9. The third kappa shape index (κ3) is 6.41. The van der Waals surface area contributed by atoms with Crippen LogP contribution in [0.25, 0.3) is 0 Å². The van der Waals surface area contributed by atoms with Crippen molar-refractivity contribution in [2.75, 3.05) is 20.8 Å². The third-order valence-corrected chi connectivity index (χ3v) is 3.97. The van der Waals surface area contributed by atoms with Crippen molar-refractivity contribution in [3.8, 4) is 23.0 Å². The van der Waals surface area contributed by atoms with Gasteiger partial charge in [-0.05, 0) is 31.2 Å². The van der Waals surface area contributed by atoms with Crippen LogP contribution < -0.4 is 24.8 Å². The van der Waals surface area contributed by atoms with Gasteiger partial charge < -0.3 is 30.0 Å². The van der Waals surface area contributed by atoms with Crippen LogP contribution in [0.4, 0.5) is 8.78 Å². The molecule has 0 fully saturated rings. The molecule has 0 bridgehead atoms. The van der Waals surface area contributed by atoms with Gasteiger partial charge in [-0.25, -0.2) is 0 Å². The molecule has 0 aromatic heterocycles. The maximum absolute atomic E-state index is 12.8. The number of alkyl halides is 2. The van der Waals surface area contributed by atoms with Crippen LogP contribution >= 0.6 is 0 Å². The first kappa shape index (κ1) is 22.1. The first-order valence-electron chi connectivity index (χ1n) is 8.98. The highest BCUT2D eigenvalue weighted by Crippen LogP contribution is 2.32. The van der Waals surface area contributed by atoms with Gasteiger partial charge in [0, 0.05) is 31.3 Å². The minimum Gasteiger partial charge on any atom is -0.508 e. The number of aliphatic imine (C=N–C) groups is 1. The zero-order valence-electron chi connectivity index (χ0n) is 16.5. The van der Waals surface area contributed by atoms with E-state index in [0.29, 0.717) is 29.4 Å². The number of para-hydroxylation sites is 1. The minimum atomic E-state index is -2.97. The first-order valence-corrected chi connectivity index (χ1v) is 8.98. The number of aromatic hydroxyl groups is 1. The number of hydrogen-bond acceptors (Lipinski definition) is 5. The molecule has 0 heterocycles. The number of phenolic OH excluding ortho intramolecular Hbond substituents is 1. The van der Waals surface area contributed by atoms with Gasteiger partial charge in [-0.2, -0.15) is 8.78 Å². The molecular formula is C20H25F2N3O4. The molecule has 0 aliphatic heterocycles. The lowest BCUT2D eigenvalue weighted by Gasteiger charge is -2.17. The summed E-state index contributed by atoms with van der Waals surface area (Å²) in [7, 11) is 3.12. The van der Waals surface area contributed by atoms with Crippen LogP contribution in [0.1, 0.15) is 18.1 Å². The summed E-state index contributed by atoms with van der Waals surface area (Å²) in [6, 6.07) is 9.83. The highest BCUT2D eigenvalue weighted by Gasteiger charge is 2.16. The van der Waals surface area contributed by atoms with Gasteiger partial charge in [-0.15, -0.1) is 0 Å². The summed E-state index contributed by atoms with van der Waals surface area (Å²) >= 11 is 0. The van der Waals surface area contributed by atoms with E-state index in [2.05, 4.69) is 20.4 Å². The average Bonchev–Trinajstić information content (AvgIpc) is 2.71. The van der Waals surface area contributed by atoms with Crippen molar-refractivity contribution in [3.63, 3.8) is 0 Å². The van der Waals surface area contributed by atoms with Gasteiger partial charge in [-0.1, -0.05) is 12.1 Å². The SMILES string of the molecule is CCOc1cccc(CNC(=NC)NCc2cc(OC)ccc2O)c1OC(F)F. The lowest BCUT2D eigenvalue weighted by atomic mass is 10.2. The number of nitrogens with one attached hydrogen (secondary N) is 2. The fourth-order valence-corrected chi connectivity index (χ4v) is 2.60. The Labute approximate surface area is 168 Å². The van der Waals surface area contributed by atoms with Gasteiger partial charge in [-0.3, -0.25) is 4.99 Å². The molecular weight excluding hydrogens is 384 g/mol. The van der Waals surface area contributed by atoms with Gasteiger partial charge in [0.1, 0.15) is 11.5 Å². The van der Waals surface area contributed by atoms with Crippen LogP contribution in [-0.2, 0) is 13.1 Å². The molecule has 3 N–H and O–H groups in total. The van der Waals surface area contributed by atoms with Gasteiger partial charge in [0.25, 0.3) is 0 Å². The number of halogens is 2. The molecule has 0 spiro atoms. The fraction of sp³-hybridized carbons (Fsp3) is 0.350. The molecule has 0 saturated heterocycles. The second-order valence-corrected chi connectivity index (χ2v) is 5.83. The van der Waals surface area contributed by atoms with Gasteiger partial charge in [0.05, 0.1) is 13.7 Å². The lowest BCUT2D eigenvalue weighted by molar-refractivity contribution is -0.0520. The summed E-state index contributed by atoms with van der Waals surface area (Å²) < 4.78 is 40.8. The number of ether oxygens (including phenoxy) is 3. The summed E-state index contributed by atoms with van der Waals surface area (Å²) in [6.45, 7) is -0.432. The number of hydrogen-bond donors (Lipinski definition) is 3. The topological polar surface area (TPSA) is 84.3 Å². The van der Waals surface area contributed by atoms with Crippen LogP contribution in [0.5, 0.6) is 23.0 Å². The number of phenols is 1. The molecule has 2 rings (SSSR count). The molecule has 9 heteroatoms. The van der Waals surface area contributed by atoms with Crippen molar-refractivity contribution >= 4 is 5.96 Å². The Kier molecular flexibility index (Phi) is 8.32. The summed E-state index contributed by atoms with van der Waals surface area (Å²) in [5.74, 6) is 1.38. The molecule has 7 nitrogen and oxygen atoms in total. The molecule has 0 radical (unpaired) electrons. The van der Waals surface area contributed by atoms with Crippen LogP contribution in [0.15, 0.2) is 41.4 Å². The Morgan fingerprint density at radius 3 is 2.48 bits per heavy atom. The summed E-state index contributed by atoms with van der Waals surface area (Å²) in [6.07, 6.45) is 0. The minimum absolute atomic E-state index is 0.0160. The van der Waals surface area contributed by atoms with Gasteiger partial charge in [0.2, 0.25) is 0 Å². The van der Waals surface area contributed by atoms with Crippen molar-refractivity contribution in [1.29, 1.82) is 0 Å².